The second-order valence-corrected chi connectivity index (χ2v) is 7.28. The fraction of sp³-hybridized carbons (Fsp3) is 0.600. The number of halogens is 1. The lowest BCUT2D eigenvalue weighted by Crippen LogP contribution is -2.17. The Bertz CT molecular complexity index is 532. The van der Waals surface area contributed by atoms with Gasteiger partial charge >= 0.3 is 0 Å². The molecule has 0 aliphatic heterocycles. The molecule has 0 unspecified atom stereocenters. The lowest BCUT2D eigenvalue weighted by Gasteiger charge is -2.09. The van der Waals surface area contributed by atoms with E-state index in [1.54, 1.807) is 6.07 Å². The smallest absolute Gasteiger partial charge is 0.153 e. The summed E-state index contributed by atoms with van der Waals surface area (Å²) in [7, 11) is -3.07. The van der Waals surface area contributed by atoms with Crippen LogP contribution in [0.3, 0.4) is 0 Å². The van der Waals surface area contributed by atoms with Crippen molar-refractivity contribution >= 4 is 9.84 Å². The van der Waals surface area contributed by atoms with E-state index in [9.17, 15) is 12.8 Å². The third-order valence-corrected chi connectivity index (χ3v) is 4.68. The van der Waals surface area contributed by atoms with Gasteiger partial charge < -0.3 is 10.1 Å². The number of sulfone groups is 1. The van der Waals surface area contributed by atoms with Gasteiger partial charge in [-0.05, 0) is 37.1 Å². The van der Waals surface area contributed by atoms with Gasteiger partial charge in [-0.1, -0.05) is 13.8 Å². The number of hydrogen-bond donors (Lipinski definition) is 1. The van der Waals surface area contributed by atoms with Crippen molar-refractivity contribution in [2.24, 2.45) is 0 Å². The van der Waals surface area contributed by atoms with Crippen LogP contribution in [0.4, 0.5) is 4.39 Å². The monoisotopic (exact) mass is 317 g/mol. The van der Waals surface area contributed by atoms with E-state index in [0.29, 0.717) is 18.7 Å². The minimum atomic E-state index is -3.07. The predicted molar refractivity (Wildman–Crippen MR) is 82.8 cm³/mol. The van der Waals surface area contributed by atoms with E-state index in [4.69, 9.17) is 4.74 Å². The van der Waals surface area contributed by atoms with Crippen molar-refractivity contribution in [2.75, 3.05) is 24.7 Å². The third-order valence-electron chi connectivity index (χ3n) is 2.87. The first-order valence-electron chi connectivity index (χ1n) is 7.30. The molecular formula is C15H24FNO3S. The standard InChI is InChI=1S/C15H24FNO3S/c1-3-5-17-12-13-9-14(16)11-15(10-13)20-6-8-21(18,19)7-4-2/h9-11,17H,3-8,12H2,1-2H3. The zero-order valence-electron chi connectivity index (χ0n) is 12.7. The summed E-state index contributed by atoms with van der Waals surface area (Å²) in [6.45, 7) is 5.36. The molecular weight excluding hydrogens is 293 g/mol. The molecule has 0 saturated carbocycles. The Hall–Kier alpha value is -1.14. The van der Waals surface area contributed by atoms with Crippen molar-refractivity contribution < 1.29 is 17.5 Å². The van der Waals surface area contributed by atoms with Crippen LogP contribution in [0.15, 0.2) is 18.2 Å². The summed E-state index contributed by atoms with van der Waals surface area (Å²) in [5.74, 6) is 0.110. The van der Waals surface area contributed by atoms with Gasteiger partial charge in [0.2, 0.25) is 0 Å². The van der Waals surface area contributed by atoms with E-state index in [2.05, 4.69) is 12.2 Å². The van der Waals surface area contributed by atoms with Gasteiger partial charge in [-0.2, -0.15) is 0 Å². The van der Waals surface area contributed by atoms with Gasteiger partial charge in [0.05, 0.1) is 11.5 Å². The third kappa shape index (κ3) is 7.43. The zero-order chi connectivity index (χ0) is 15.7. The van der Waals surface area contributed by atoms with Gasteiger partial charge in [-0.3, -0.25) is 0 Å². The van der Waals surface area contributed by atoms with Crippen molar-refractivity contribution in [3.05, 3.63) is 29.6 Å². The molecule has 0 amide bonds. The summed E-state index contributed by atoms with van der Waals surface area (Å²) in [6.07, 6.45) is 1.60. The Morgan fingerprint density at radius 3 is 2.57 bits per heavy atom. The van der Waals surface area contributed by atoms with Crippen LogP contribution in [-0.4, -0.2) is 33.1 Å². The van der Waals surface area contributed by atoms with Gasteiger partial charge in [-0.15, -0.1) is 0 Å². The second-order valence-electron chi connectivity index (χ2n) is 4.97. The van der Waals surface area contributed by atoms with Crippen LogP contribution in [0, 0.1) is 5.82 Å². The first-order chi connectivity index (χ1) is 9.96. The van der Waals surface area contributed by atoms with Crippen molar-refractivity contribution in [2.45, 2.75) is 33.2 Å². The number of benzene rings is 1. The summed E-state index contributed by atoms with van der Waals surface area (Å²) in [5, 5.41) is 3.18. The number of rotatable bonds is 10. The maximum atomic E-state index is 13.5. The van der Waals surface area contributed by atoms with Crippen LogP contribution in [0.1, 0.15) is 32.3 Å². The highest BCUT2D eigenvalue weighted by atomic mass is 32.2. The fourth-order valence-electron chi connectivity index (χ4n) is 1.92. The maximum absolute atomic E-state index is 13.5. The summed E-state index contributed by atoms with van der Waals surface area (Å²) in [5.41, 5.74) is 0.787. The Labute approximate surface area is 126 Å². The molecule has 0 aromatic heterocycles. The number of ether oxygens (including phenoxy) is 1. The predicted octanol–water partition coefficient (Wildman–Crippen LogP) is 2.53. The summed E-state index contributed by atoms with van der Waals surface area (Å²) < 4.78 is 42.0. The molecule has 6 heteroatoms. The van der Waals surface area contributed by atoms with Gasteiger partial charge in [0.15, 0.2) is 9.84 Å². The van der Waals surface area contributed by atoms with E-state index in [1.807, 2.05) is 6.92 Å². The first kappa shape index (κ1) is 17.9. The van der Waals surface area contributed by atoms with E-state index in [1.165, 1.54) is 12.1 Å². The number of hydrogen-bond acceptors (Lipinski definition) is 4. The molecule has 0 bridgehead atoms. The van der Waals surface area contributed by atoms with E-state index < -0.39 is 9.84 Å². The van der Waals surface area contributed by atoms with Crippen LogP contribution in [-0.2, 0) is 16.4 Å². The van der Waals surface area contributed by atoms with Crippen LogP contribution >= 0.6 is 0 Å². The van der Waals surface area contributed by atoms with E-state index >= 15 is 0 Å². The van der Waals surface area contributed by atoms with Crippen molar-refractivity contribution in [1.29, 1.82) is 0 Å². The highest BCUT2D eigenvalue weighted by molar-refractivity contribution is 7.91. The lowest BCUT2D eigenvalue weighted by atomic mass is 10.2. The van der Waals surface area contributed by atoms with Gasteiger partial charge in [0, 0.05) is 12.6 Å². The largest absolute Gasteiger partial charge is 0.492 e. The van der Waals surface area contributed by atoms with Crippen molar-refractivity contribution in [1.82, 2.24) is 5.32 Å². The maximum Gasteiger partial charge on any atom is 0.153 e. The molecule has 4 nitrogen and oxygen atoms in total. The molecule has 0 spiro atoms. The Morgan fingerprint density at radius 2 is 1.90 bits per heavy atom. The van der Waals surface area contributed by atoms with E-state index in [0.717, 1.165) is 18.5 Å². The molecule has 0 heterocycles. The molecule has 1 aromatic rings. The molecule has 0 radical (unpaired) electrons. The molecule has 21 heavy (non-hydrogen) atoms. The first-order valence-corrected chi connectivity index (χ1v) is 9.12. The van der Waals surface area contributed by atoms with Gasteiger partial charge in [0.25, 0.3) is 0 Å². The molecule has 1 rings (SSSR count). The zero-order valence-corrected chi connectivity index (χ0v) is 13.5. The van der Waals surface area contributed by atoms with Gasteiger partial charge in [-0.25, -0.2) is 12.8 Å². The average Bonchev–Trinajstić information content (AvgIpc) is 2.38. The summed E-state index contributed by atoms with van der Waals surface area (Å²) in [4.78, 5) is 0. The van der Waals surface area contributed by atoms with Crippen LogP contribution < -0.4 is 10.1 Å². The van der Waals surface area contributed by atoms with E-state index in [-0.39, 0.29) is 23.9 Å². The Kier molecular flexibility index (Phi) is 7.67. The Balaban J connectivity index is 2.54. The van der Waals surface area contributed by atoms with Crippen molar-refractivity contribution in [3.8, 4) is 5.75 Å². The second kappa shape index (κ2) is 9.00. The molecule has 0 saturated heterocycles. The molecule has 0 aliphatic carbocycles. The van der Waals surface area contributed by atoms with Crippen LogP contribution in [0.5, 0.6) is 5.75 Å². The summed E-state index contributed by atoms with van der Waals surface area (Å²) >= 11 is 0. The van der Waals surface area contributed by atoms with Crippen LogP contribution in [0.2, 0.25) is 0 Å². The highest BCUT2D eigenvalue weighted by Gasteiger charge is 2.10. The van der Waals surface area contributed by atoms with Crippen LogP contribution in [0.25, 0.3) is 0 Å². The molecule has 1 aromatic carbocycles. The average molecular weight is 317 g/mol. The molecule has 0 aliphatic rings. The lowest BCUT2D eigenvalue weighted by molar-refractivity contribution is 0.338. The SMILES string of the molecule is CCCNCc1cc(F)cc(OCCS(=O)(=O)CCC)c1. The number of nitrogens with one attached hydrogen (secondary N) is 1. The van der Waals surface area contributed by atoms with Gasteiger partial charge in [0.1, 0.15) is 18.2 Å². The quantitative estimate of drug-likeness (QED) is 0.674. The highest BCUT2D eigenvalue weighted by Crippen LogP contribution is 2.16. The Morgan fingerprint density at radius 1 is 1.14 bits per heavy atom. The topological polar surface area (TPSA) is 55.4 Å². The molecule has 120 valence electrons. The normalized spacial score (nSPS) is 11.6. The molecule has 1 N–H and O–H groups in total. The molecule has 0 atom stereocenters. The minimum absolute atomic E-state index is 0.0409. The molecule has 0 fully saturated rings. The minimum Gasteiger partial charge on any atom is -0.492 e. The van der Waals surface area contributed by atoms with Crippen molar-refractivity contribution in [3.63, 3.8) is 0 Å². The fourth-order valence-corrected chi connectivity index (χ4v) is 3.08. The summed E-state index contributed by atoms with van der Waals surface area (Å²) in [6, 6.07) is 4.46.